The summed E-state index contributed by atoms with van der Waals surface area (Å²) in [6, 6.07) is 6.31. The van der Waals surface area contributed by atoms with Crippen LogP contribution in [0.4, 0.5) is 4.39 Å². The van der Waals surface area contributed by atoms with Crippen LogP contribution >= 0.6 is 0 Å². The number of carbonyl (C=O) groups is 2. The molecule has 0 N–H and O–H groups in total. The molecule has 2 aliphatic rings. The second-order valence-corrected chi connectivity index (χ2v) is 7.59. The van der Waals surface area contributed by atoms with E-state index in [0.29, 0.717) is 19.7 Å². The van der Waals surface area contributed by atoms with E-state index in [2.05, 4.69) is 4.90 Å². The van der Waals surface area contributed by atoms with Gasteiger partial charge in [-0.2, -0.15) is 0 Å². The van der Waals surface area contributed by atoms with Crippen molar-refractivity contribution in [3.05, 3.63) is 35.6 Å². The van der Waals surface area contributed by atoms with Crippen LogP contribution in [0.25, 0.3) is 0 Å². The first-order chi connectivity index (χ1) is 12.9. The SMILES string of the molecule is CCOCC(=O)N1C[C@@H]2CN(CC(=O)N(C)C)C[C@@H]2[C@H]1c1cccc(F)c1. The van der Waals surface area contributed by atoms with Crippen molar-refractivity contribution >= 4 is 11.8 Å². The minimum absolute atomic E-state index is 0.0462. The third-order valence-corrected chi connectivity index (χ3v) is 5.54. The maximum atomic E-state index is 13.8. The predicted molar refractivity (Wildman–Crippen MR) is 99.5 cm³/mol. The Morgan fingerprint density at radius 2 is 2.04 bits per heavy atom. The van der Waals surface area contributed by atoms with Crippen molar-refractivity contribution in [1.29, 1.82) is 0 Å². The number of rotatable bonds is 6. The Morgan fingerprint density at radius 3 is 2.70 bits per heavy atom. The summed E-state index contributed by atoms with van der Waals surface area (Å²) >= 11 is 0. The number of likely N-dealkylation sites (N-methyl/N-ethyl adjacent to an activating group) is 1. The van der Waals surface area contributed by atoms with Crippen LogP contribution < -0.4 is 0 Å². The fraction of sp³-hybridized carbons (Fsp3) is 0.600. The molecule has 0 bridgehead atoms. The van der Waals surface area contributed by atoms with Crippen LogP contribution in [0, 0.1) is 17.7 Å². The molecule has 0 aliphatic carbocycles. The van der Waals surface area contributed by atoms with Gasteiger partial charge >= 0.3 is 0 Å². The van der Waals surface area contributed by atoms with Gasteiger partial charge in [-0.25, -0.2) is 4.39 Å². The largest absolute Gasteiger partial charge is 0.372 e. The summed E-state index contributed by atoms with van der Waals surface area (Å²) in [5.74, 6) is 0.176. The number of hydrogen-bond donors (Lipinski definition) is 0. The van der Waals surface area contributed by atoms with Crippen LogP contribution in [0.2, 0.25) is 0 Å². The van der Waals surface area contributed by atoms with Gasteiger partial charge in [0.05, 0.1) is 12.6 Å². The summed E-state index contributed by atoms with van der Waals surface area (Å²) in [6.07, 6.45) is 0. The van der Waals surface area contributed by atoms with Gasteiger partial charge in [0.1, 0.15) is 12.4 Å². The van der Waals surface area contributed by atoms with Gasteiger partial charge in [-0.05, 0) is 30.5 Å². The quantitative estimate of drug-likeness (QED) is 0.752. The molecule has 148 valence electrons. The highest BCUT2D eigenvalue weighted by atomic mass is 19.1. The van der Waals surface area contributed by atoms with Crippen molar-refractivity contribution in [3.63, 3.8) is 0 Å². The van der Waals surface area contributed by atoms with Gasteiger partial charge in [-0.15, -0.1) is 0 Å². The zero-order chi connectivity index (χ0) is 19.6. The molecule has 6 nitrogen and oxygen atoms in total. The fourth-order valence-electron chi connectivity index (χ4n) is 4.25. The number of amides is 2. The molecular weight excluding hydrogens is 349 g/mol. The number of nitrogens with zero attached hydrogens (tertiary/aromatic N) is 3. The van der Waals surface area contributed by atoms with E-state index in [-0.39, 0.29) is 42.1 Å². The Hall–Kier alpha value is -1.99. The number of hydrogen-bond acceptors (Lipinski definition) is 4. The standard InChI is InChI=1S/C20H28FN3O3/c1-4-27-13-19(26)24-10-15-9-23(12-18(25)22(2)3)11-17(15)20(24)14-6-5-7-16(21)8-14/h5-8,15,17,20H,4,9-13H2,1-3H3/t15-,17-,20+/m0/s1. The molecule has 0 saturated carbocycles. The molecule has 1 aromatic rings. The minimum Gasteiger partial charge on any atom is -0.372 e. The van der Waals surface area contributed by atoms with Gasteiger partial charge in [-0.1, -0.05) is 12.1 Å². The predicted octanol–water partition coefficient (Wildman–Crippen LogP) is 1.38. The minimum atomic E-state index is -0.300. The third kappa shape index (κ3) is 4.30. The van der Waals surface area contributed by atoms with E-state index in [0.717, 1.165) is 18.7 Å². The highest BCUT2D eigenvalue weighted by molar-refractivity contribution is 5.79. The van der Waals surface area contributed by atoms with E-state index in [4.69, 9.17) is 4.74 Å². The third-order valence-electron chi connectivity index (χ3n) is 5.54. The maximum Gasteiger partial charge on any atom is 0.249 e. The van der Waals surface area contributed by atoms with Crippen LogP contribution in [0.3, 0.4) is 0 Å². The van der Waals surface area contributed by atoms with Crippen LogP contribution in [0.5, 0.6) is 0 Å². The van der Waals surface area contributed by atoms with Crippen molar-refractivity contribution in [3.8, 4) is 0 Å². The molecule has 1 aromatic carbocycles. The summed E-state index contributed by atoms with van der Waals surface area (Å²) in [4.78, 5) is 30.3. The molecule has 0 unspecified atom stereocenters. The van der Waals surface area contributed by atoms with E-state index < -0.39 is 0 Å². The van der Waals surface area contributed by atoms with Gasteiger partial charge in [0.25, 0.3) is 0 Å². The number of carbonyl (C=O) groups excluding carboxylic acids is 2. The van der Waals surface area contributed by atoms with Gasteiger partial charge in [0.2, 0.25) is 11.8 Å². The summed E-state index contributed by atoms with van der Waals surface area (Å²) in [6.45, 7) is 4.88. The summed E-state index contributed by atoms with van der Waals surface area (Å²) in [5.41, 5.74) is 0.813. The molecule has 27 heavy (non-hydrogen) atoms. The molecule has 2 saturated heterocycles. The van der Waals surface area contributed by atoms with Crippen molar-refractivity contribution in [2.45, 2.75) is 13.0 Å². The molecule has 7 heteroatoms. The average molecular weight is 377 g/mol. The van der Waals surface area contributed by atoms with Gasteiger partial charge in [-0.3, -0.25) is 14.5 Å². The van der Waals surface area contributed by atoms with E-state index in [1.54, 1.807) is 25.1 Å². The number of fused-ring (bicyclic) bond motifs is 1. The van der Waals surface area contributed by atoms with Crippen LogP contribution in [-0.2, 0) is 14.3 Å². The zero-order valence-corrected chi connectivity index (χ0v) is 16.2. The molecule has 0 radical (unpaired) electrons. The summed E-state index contributed by atoms with van der Waals surface area (Å²) in [7, 11) is 3.51. The Morgan fingerprint density at radius 1 is 1.26 bits per heavy atom. The van der Waals surface area contributed by atoms with Crippen molar-refractivity contribution in [2.24, 2.45) is 11.8 Å². The maximum absolute atomic E-state index is 13.8. The first-order valence-electron chi connectivity index (χ1n) is 9.45. The number of halogens is 1. The lowest BCUT2D eigenvalue weighted by Crippen LogP contribution is -2.40. The van der Waals surface area contributed by atoms with Crippen LogP contribution in [0.1, 0.15) is 18.5 Å². The lowest BCUT2D eigenvalue weighted by atomic mass is 9.89. The first kappa shape index (κ1) is 19.8. The average Bonchev–Trinajstić information content (AvgIpc) is 3.16. The number of benzene rings is 1. The molecule has 0 aromatic heterocycles. The molecule has 2 aliphatic heterocycles. The smallest absolute Gasteiger partial charge is 0.249 e. The highest BCUT2D eigenvalue weighted by Crippen LogP contribution is 2.45. The fourth-order valence-corrected chi connectivity index (χ4v) is 4.25. The topological polar surface area (TPSA) is 53.1 Å². The summed E-state index contributed by atoms with van der Waals surface area (Å²) in [5, 5.41) is 0. The van der Waals surface area contributed by atoms with Gasteiger partial charge in [0, 0.05) is 46.3 Å². The summed E-state index contributed by atoms with van der Waals surface area (Å²) < 4.78 is 19.2. The monoisotopic (exact) mass is 377 g/mol. The van der Waals surface area contributed by atoms with Crippen LogP contribution in [-0.4, -0.2) is 80.0 Å². The Bertz CT molecular complexity index is 697. The van der Waals surface area contributed by atoms with E-state index in [1.807, 2.05) is 17.9 Å². The van der Waals surface area contributed by atoms with Gasteiger partial charge in [0.15, 0.2) is 0 Å². The normalized spacial score (nSPS) is 24.9. The number of ether oxygens (including phenoxy) is 1. The number of likely N-dealkylation sites (tertiary alicyclic amines) is 2. The highest BCUT2D eigenvalue weighted by Gasteiger charge is 2.49. The molecule has 0 spiro atoms. The molecule has 3 atom stereocenters. The van der Waals surface area contributed by atoms with Gasteiger partial charge < -0.3 is 14.5 Å². The first-order valence-corrected chi connectivity index (χ1v) is 9.45. The van der Waals surface area contributed by atoms with E-state index in [1.165, 1.54) is 12.1 Å². The Balaban J connectivity index is 1.80. The second-order valence-electron chi connectivity index (χ2n) is 7.59. The second kappa shape index (κ2) is 8.35. The molecule has 2 heterocycles. The molecule has 3 rings (SSSR count). The van der Waals surface area contributed by atoms with Crippen LogP contribution in [0.15, 0.2) is 24.3 Å². The molecule has 2 fully saturated rings. The van der Waals surface area contributed by atoms with Crippen molar-refractivity contribution in [2.75, 3.05) is 53.5 Å². The Kier molecular flexibility index (Phi) is 6.11. The van der Waals surface area contributed by atoms with E-state index in [9.17, 15) is 14.0 Å². The van der Waals surface area contributed by atoms with Crippen molar-refractivity contribution < 1.29 is 18.7 Å². The van der Waals surface area contributed by atoms with Crippen molar-refractivity contribution in [1.82, 2.24) is 14.7 Å². The zero-order valence-electron chi connectivity index (χ0n) is 16.2. The Labute approximate surface area is 159 Å². The molecular formula is C20H28FN3O3. The lowest BCUT2D eigenvalue weighted by molar-refractivity contribution is -0.138. The lowest BCUT2D eigenvalue weighted by Gasteiger charge is -2.30. The van der Waals surface area contributed by atoms with E-state index >= 15 is 0 Å². The molecule has 2 amide bonds.